The fourth-order valence-corrected chi connectivity index (χ4v) is 8.15. The first-order valence-corrected chi connectivity index (χ1v) is 14.8. The van der Waals surface area contributed by atoms with Gasteiger partial charge in [-0.3, -0.25) is 28.8 Å². The summed E-state index contributed by atoms with van der Waals surface area (Å²) in [4.78, 5) is 78.5. The van der Waals surface area contributed by atoms with Crippen LogP contribution in [-0.4, -0.2) is 121 Å². The number of hydrogen-bond acceptors (Lipinski definition) is 10. The Kier molecular flexibility index (Phi) is 7.41. The summed E-state index contributed by atoms with van der Waals surface area (Å²) in [6, 6.07) is 2.01. The van der Waals surface area contributed by atoms with Crippen LogP contribution in [0.15, 0.2) is 36.7 Å². The number of likely N-dealkylation sites (N-methyl/N-ethyl adjacent to an activating group) is 1. The smallest absolute Gasteiger partial charge is 0.329 e. The Morgan fingerprint density at radius 2 is 1.84 bits per heavy atom. The summed E-state index contributed by atoms with van der Waals surface area (Å²) in [6.07, 6.45) is 2.27. The summed E-state index contributed by atoms with van der Waals surface area (Å²) >= 11 is 0. The zero-order chi connectivity index (χ0) is 31.3. The molecule has 3 aliphatic heterocycles. The Morgan fingerprint density at radius 1 is 1.12 bits per heavy atom. The predicted octanol–water partition coefficient (Wildman–Crippen LogP) is -1.96. The van der Waals surface area contributed by atoms with Gasteiger partial charge in [0.15, 0.2) is 21.3 Å². The quantitative estimate of drug-likeness (QED) is 0.218. The number of piperazine rings is 1. The van der Waals surface area contributed by atoms with Crippen molar-refractivity contribution in [2.24, 2.45) is 0 Å². The van der Waals surface area contributed by atoms with Crippen molar-refractivity contribution in [3.8, 4) is 0 Å². The minimum absolute atomic E-state index is 0.0176. The Balaban J connectivity index is 1.30. The number of carbonyl (C=O) groups is 6. The van der Waals surface area contributed by atoms with Crippen LogP contribution in [0.5, 0.6) is 0 Å². The molecule has 3 fully saturated rings. The zero-order valence-corrected chi connectivity index (χ0v) is 23.9. The van der Waals surface area contributed by atoms with Crippen molar-refractivity contribution in [3.63, 3.8) is 0 Å². The molecule has 5 rings (SSSR count). The van der Waals surface area contributed by atoms with E-state index < -0.39 is 74.1 Å². The Morgan fingerprint density at radius 3 is 2.49 bits per heavy atom. The number of carboxylic acid groups (broad SMARTS) is 1. The van der Waals surface area contributed by atoms with E-state index in [-0.39, 0.29) is 30.9 Å². The van der Waals surface area contributed by atoms with Crippen LogP contribution < -0.4 is 10.6 Å². The first-order chi connectivity index (χ1) is 20.3. The molecule has 1 aromatic heterocycles. The first-order valence-electron chi connectivity index (χ1n) is 13.2. The molecular weight excluding hydrogens is 588 g/mol. The number of rotatable bonds is 8. The number of nitrogens with one attached hydrogen (secondary N) is 2. The fraction of sp³-hybridized carbons (Fsp3) is 0.440. The molecule has 2 aromatic rings. The number of aromatic nitrogens is 3. The highest BCUT2D eigenvalue weighted by Crippen LogP contribution is 2.47. The molecule has 17 nitrogen and oxygen atoms in total. The summed E-state index contributed by atoms with van der Waals surface area (Å²) in [7, 11) is -4.36. The number of sulfone groups is 1. The van der Waals surface area contributed by atoms with Crippen LogP contribution in [0, 0.1) is 0 Å². The molecule has 43 heavy (non-hydrogen) atoms. The normalized spacial score (nSPS) is 26.1. The fourth-order valence-electron chi connectivity index (χ4n) is 5.69. The second kappa shape index (κ2) is 10.8. The number of carboxylic acids is 1. The van der Waals surface area contributed by atoms with Gasteiger partial charge >= 0.3 is 23.8 Å². The molecule has 4 atom stereocenters. The third kappa shape index (κ3) is 4.76. The molecule has 0 radical (unpaired) electrons. The highest BCUT2D eigenvalue weighted by atomic mass is 32.2. The lowest BCUT2D eigenvalue weighted by molar-refractivity contribution is -0.161. The lowest BCUT2D eigenvalue weighted by atomic mass is 9.94. The molecule has 228 valence electrons. The maximum Gasteiger partial charge on any atom is 0.329 e. The Bertz CT molecular complexity index is 1630. The average molecular weight is 617 g/mol. The second-order valence-corrected chi connectivity index (χ2v) is 13.0. The summed E-state index contributed by atoms with van der Waals surface area (Å²) in [5, 5.41) is 20.5. The van der Waals surface area contributed by atoms with Crippen LogP contribution in [0.4, 0.5) is 10.5 Å². The standard InChI is InChI=1S/C25H28N8O9S/c1-3-30-10-11-32(21(37)20(30)36)24(40)27-15-7-5-4-6-14(15)12-16(34)28-17-19(35)33-18(23(38)39)25(2,43(41,42)22(17)33)13-31-9-8-26-29-31/h4-9,17-18,22H,3,10-13H2,1-2H3,(H,27,40)(H,28,34)(H,38,39)/t17-,18-,22-,25+/m1/s1. The molecule has 1 aromatic carbocycles. The lowest BCUT2D eigenvalue weighted by Gasteiger charge is -2.42. The number of anilines is 1. The largest absolute Gasteiger partial charge is 0.480 e. The molecule has 0 spiro atoms. The van der Waals surface area contributed by atoms with Crippen LogP contribution in [0.25, 0.3) is 0 Å². The van der Waals surface area contributed by atoms with Crippen molar-refractivity contribution in [2.75, 3.05) is 25.0 Å². The number of carbonyl (C=O) groups excluding carboxylic acids is 5. The summed E-state index contributed by atoms with van der Waals surface area (Å²) in [5.74, 6) is -4.95. The average Bonchev–Trinajstić information content (AvgIpc) is 3.51. The predicted molar refractivity (Wildman–Crippen MR) is 144 cm³/mol. The van der Waals surface area contributed by atoms with E-state index >= 15 is 0 Å². The van der Waals surface area contributed by atoms with Gasteiger partial charge in [-0.25, -0.2) is 18.0 Å². The molecule has 18 heteroatoms. The minimum Gasteiger partial charge on any atom is -0.480 e. The van der Waals surface area contributed by atoms with Crippen LogP contribution in [0.1, 0.15) is 19.4 Å². The van der Waals surface area contributed by atoms with E-state index in [0.717, 1.165) is 14.5 Å². The van der Waals surface area contributed by atoms with E-state index in [9.17, 15) is 42.3 Å². The van der Waals surface area contributed by atoms with Gasteiger partial charge in [0.05, 0.1) is 19.2 Å². The van der Waals surface area contributed by atoms with Gasteiger partial charge in [-0.1, -0.05) is 23.4 Å². The minimum atomic E-state index is -4.36. The van der Waals surface area contributed by atoms with Gasteiger partial charge in [0.2, 0.25) is 11.8 Å². The number of β-lactam (4-membered cyclic amide) rings is 1. The van der Waals surface area contributed by atoms with Gasteiger partial charge in [0.25, 0.3) is 0 Å². The van der Waals surface area contributed by atoms with Gasteiger partial charge in [-0.2, -0.15) is 0 Å². The number of fused-ring (bicyclic) bond motifs is 1. The van der Waals surface area contributed by atoms with Gasteiger partial charge in [0.1, 0.15) is 10.8 Å². The molecule has 3 N–H and O–H groups in total. The third-order valence-electron chi connectivity index (χ3n) is 7.95. The number of hydrogen-bond donors (Lipinski definition) is 3. The molecule has 3 saturated heterocycles. The number of imide groups is 1. The molecule has 0 bridgehead atoms. The molecule has 6 amide bonds. The lowest BCUT2D eigenvalue weighted by Crippen LogP contribution is -2.72. The SMILES string of the molecule is CCN1CCN(C(=O)Nc2ccccc2CC(=O)N[C@@H]2C(=O)N3[C@@H]2S(=O)(=O)[C@@](C)(Cn2ccnn2)[C@H]3C(=O)O)C(=O)C1=O. The number of para-hydroxylation sites is 1. The number of nitrogens with zero attached hydrogens (tertiary/aromatic N) is 6. The van der Waals surface area contributed by atoms with E-state index in [4.69, 9.17) is 0 Å². The van der Waals surface area contributed by atoms with E-state index in [1.165, 1.54) is 36.4 Å². The van der Waals surface area contributed by atoms with Crippen LogP contribution in [0.3, 0.4) is 0 Å². The van der Waals surface area contributed by atoms with Gasteiger partial charge in [-0.05, 0) is 25.5 Å². The summed E-state index contributed by atoms with van der Waals surface area (Å²) < 4.78 is 26.5. The summed E-state index contributed by atoms with van der Waals surface area (Å²) in [5.41, 5.74) is 0.430. The van der Waals surface area contributed by atoms with Gasteiger partial charge in [-0.15, -0.1) is 5.10 Å². The first kappa shape index (κ1) is 29.6. The Labute approximate surface area is 244 Å². The number of urea groups is 1. The molecule has 3 aliphatic rings. The van der Waals surface area contributed by atoms with Crippen molar-refractivity contribution in [2.45, 2.75) is 49.0 Å². The highest BCUT2D eigenvalue weighted by molar-refractivity contribution is 7.94. The molecule has 0 aliphatic carbocycles. The molecule has 0 saturated carbocycles. The maximum atomic E-state index is 13.7. The van der Waals surface area contributed by atoms with Crippen LogP contribution >= 0.6 is 0 Å². The number of amides is 6. The van der Waals surface area contributed by atoms with E-state index in [1.807, 2.05) is 0 Å². The van der Waals surface area contributed by atoms with Crippen LogP contribution in [0.2, 0.25) is 0 Å². The topological polar surface area (TPSA) is 221 Å². The van der Waals surface area contributed by atoms with Gasteiger partial charge < -0.3 is 25.5 Å². The zero-order valence-electron chi connectivity index (χ0n) is 23.0. The van der Waals surface area contributed by atoms with E-state index in [1.54, 1.807) is 19.1 Å². The highest BCUT2D eigenvalue weighted by Gasteiger charge is 2.74. The summed E-state index contributed by atoms with van der Waals surface area (Å²) in [6.45, 7) is 3.01. The van der Waals surface area contributed by atoms with E-state index in [2.05, 4.69) is 20.9 Å². The van der Waals surface area contributed by atoms with Gasteiger partial charge in [0, 0.05) is 31.5 Å². The monoisotopic (exact) mass is 616 g/mol. The Hall–Kier alpha value is -4.87. The van der Waals surface area contributed by atoms with Crippen molar-refractivity contribution in [1.29, 1.82) is 0 Å². The molecule has 4 heterocycles. The molecular formula is C25H28N8O9S. The number of benzene rings is 1. The van der Waals surface area contributed by atoms with Crippen LogP contribution in [-0.2, 0) is 46.8 Å². The second-order valence-electron chi connectivity index (χ2n) is 10.5. The maximum absolute atomic E-state index is 13.7. The van der Waals surface area contributed by atoms with Crippen molar-refractivity contribution >= 4 is 51.2 Å². The van der Waals surface area contributed by atoms with Crippen molar-refractivity contribution < 1.29 is 42.3 Å². The third-order valence-corrected chi connectivity index (χ3v) is 10.7. The molecule has 0 unspecified atom stereocenters. The van der Waals surface area contributed by atoms with Crippen molar-refractivity contribution in [3.05, 3.63) is 42.2 Å². The van der Waals surface area contributed by atoms with E-state index in [0.29, 0.717) is 6.54 Å². The number of aliphatic carboxylic acids is 1. The van der Waals surface area contributed by atoms with Crippen molar-refractivity contribution in [1.82, 2.24) is 35.0 Å².